The molecule has 0 spiro atoms. The van der Waals surface area contributed by atoms with Gasteiger partial charge in [0.05, 0.1) is 6.26 Å². The van der Waals surface area contributed by atoms with Crippen molar-refractivity contribution in [2.24, 2.45) is 5.92 Å². The molecule has 1 saturated heterocycles. The molecular weight excluding hydrogens is 436 g/mol. The first-order valence-electron chi connectivity index (χ1n) is 9.82. The van der Waals surface area contributed by atoms with Gasteiger partial charge in [-0.2, -0.15) is 0 Å². The molecule has 0 radical (unpaired) electrons. The summed E-state index contributed by atoms with van der Waals surface area (Å²) in [4.78, 5) is 2.53. The number of hydrogen-bond acceptors (Lipinski definition) is 3. The molecule has 0 saturated carbocycles. The third kappa shape index (κ3) is 6.61. The van der Waals surface area contributed by atoms with E-state index < -0.39 is 10.0 Å². The van der Waals surface area contributed by atoms with Gasteiger partial charge in [-0.3, -0.25) is 4.72 Å². The number of nitrogens with one attached hydrogen (secondary N) is 1. The van der Waals surface area contributed by atoms with Crippen LogP contribution in [0.2, 0.25) is 0 Å². The first kappa shape index (κ1) is 21.3. The molecule has 28 heavy (non-hydrogen) atoms. The van der Waals surface area contributed by atoms with Gasteiger partial charge in [0.25, 0.3) is 0 Å². The Bertz CT molecular complexity index is 907. The quantitative estimate of drug-likeness (QED) is 0.649. The van der Waals surface area contributed by atoms with Crippen molar-refractivity contribution < 1.29 is 8.42 Å². The van der Waals surface area contributed by atoms with Gasteiger partial charge in [0.15, 0.2) is 0 Å². The van der Waals surface area contributed by atoms with Crippen molar-refractivity contribution in [1.29, 1.82) is 0 Å². The molecule has 0 unspecified atom stereocenters. The van der Waals surface area contributed by atoms with E-state index in [1.165, 1.54) is 40.3 Å². The van der Waals surface area contributed by atoms with Crippen molar-refractivity contribution in [2.75, 3.05) is 30.6 Å². The zero-order chi connectivity index (χ0) is 20.1. The Morgan fingerprint density at radius 2 is 1.89 bits per heavy atom. The molecule has 0 aliphatic carbocycles. The Balaban J connectivity index is 1.47. The molecule has 6 heteroatoms. The van der Waals surface area contributed by atoms with Gasteiger partial charge in [-0.05, 0) is 80.9 Å². The Hall–Kier alpha value is -1.37. The summed E-state index contributed by atoms with van der Waals surface area (Å²) >= 11 is 3.69. The highest BCUT2D eigenvalue weighted by Crippen LogP contribution is 2.26. The average molecular weight is 465 g/mol. The Labute approximate surface area is 177 Å². The monoisotopic (exact) mass is 464 g/mol. The first-order valence-corrected chi connectivity index (χ1v) is 12.5. The number of sulfonamides is 1. The number of piperidine rings is 1. The van der Waals surface area contributed by atoms with Crippen LogP contribution in [0.25, 0.3) is 0 Å². The van der Waals surface area contributed by atoms with Crippen LogP contribution in [-0.4, -0.2) is 39.2 Å². The molecular formula is C22H29BrN2O2S. The lowest BCUT2D eigenvalue weighted by Crippen LogP contribution is -2.35. The van der Waals surface area contributed by atoms with E-state index in [0.29, 0.717) is 5.69 Å². The summed E-state index contributed by atoms with van der Waals surface area (Å²) in [6.07, 6.45) is 5.73. The van der Waals surface area contributed by atoms with Gasteiger partial charge >= 0.3 is 0 Å². The second kappa shape index (κ2) is 9.42. The summed E-state index contributed by atoms with van der Waals surface area (Å²) in [7, 11) is -3.23. The van der Waals surface area contributed by atoms with E-state index in [9.17, 15) is 8.42 Å². The van der Waals surface area contributed by atoms with Crippen molar-refractivity contribution in [3.8, 4) is 0 Å². The van der Waals surface area contributed by atoms with Gasteiger partial charge in [-0.15, -0.1) is 0 Å². The molecule has 1 heterocycles. The van der Waals surface area contributed by atoms with Crippen molar-refractivity contribution in [1.82, 2.24) is 4.90 Å². The van der Waals surface area contributed by atoms with Crippen molar-refractivity contribution in [3.63, 3.8) is 0 Å². The molecule has 1 N–H and O–H groups in total. The lowest BCUT2D eigenvalue weighted by atomic mass is 9.89. The maximum Gasteiger partial charge on any atom is 0.229 e. The van der Waals surface area contributed by atoms with Gasteiger partial charge in [0.2, 0.25) is 10.0 Å². The number of benzene rings is 2. The van der Waals surface area contributed by atoms with Crippen LogP contribution in [0.15, 0.2) is 46.9 Å². The minimum Gasteiger partial charge on any atom is -0.303 e. The van der Waals surface area contributed by atoms with E-state index in [0.717, 1.165) is 38.4 Å². The highest BCUT2D eigenvalue weighted by Gasteiger charge is 2.20. The van der Waals surface area contributed by atoms with E-state index in [-0.39, 0.29) is 0 Å². The minimum atomic E-state index is -3.23. The third-order valence-corrected chi connectivity index (χ3v) is 6.74. The van der Waals surface area contributed by atoms with Crippen LogP contribution in [0, 0.1) is 12.8 Å². The fourth-order valence-corrected chi connectivity index (χ4v) is 4.84. The molecule has 4 nitrogen and oxygen atoms in total. The maximum atomic E-state index is 11.4. The van der Waals surface area contributed by atoms with Gasteiger partial charge in [-0.1, -0.05) is 45.8 Å². The number of hydrogen-bond donors (Lipinski definition) is 1. The Kier molecular flexibility index (Phi) is 7.18. The molecule has 1 aliphatic heterocycles. The van der Waals surface area contributed by atoms with E-state index in [1.54, 1.807) is 6.07 Å². The molecule has 1 aliphatic rings. The fourth-order valence-electron chi connectivity index (χ4n) is 3.88. The number of aryl methyl sites for hydroxylation is 1. The average Bonchev–Trinajstić information content (AvgIpc) is 2.63. The molecule has 0 aromatic heterocycles. The van der Waals surface area contributed by atoms with Crippen molar-refractivity contribution in [2.45, 2.75) is 32.6 Å². The molecule has 0 amide bonds. The summed E-state index contributed by atoms with van der Waals surface area (Å²) in [5.41, 5.74) is 4.55. The summed E-state index contributed by atoms with van der Waals surface area (Å²) in [6, 6.07) is 14.3. The van der Waals surface area contributed by atoms with Crippen molar-refractivity contribution in [3.05, 3.63) is 63.6 Å². The second-order valence-electron chi connectivity index (χ2n) is 7.91. The lowest BCUT2D eigenvalue weighted by Gasteiger charge is -2.32. The second-order valence-corrected chi connectivity index (χ2v) is 10.5. The predicted octanol–water partition coefficient (Wildman–Crippen LogP) is 4.63. The normalized spacial score (nSPS) is 16.2. The van der Waals surface area contributed by atoms with Gasteiger partial charge in [0, 0.05) is 16.7 Å². The predicted molar refractivity (Wildman–Crippen MR) is 120 cm³/mol. The lowest BCUT2D eigenvalue weighted by molar-refractivity contribution is 0.186. The van der Waals surface area contributed by atoms with Crippen LogP contribution in [0.4, 0.5) is 5.69 Å². The molecule has 1 fully saturated rings. The summed E-state index contributed by atoms with van der Waals surface area (Å²) in [6.45, 7) is 5.44. The fraction of sp³-hybridized carbons (Fsp3) is 0.455. The highest BCUT2D eigenvalue weighted by atomic mass is 79.9. The minimum absolute atomic E-state index is 0.641. The van der Waals surface area contributed by atoms with Crippen LogP contribution in [-0.2, 0) is 22.9 Å². The highest BCUT2D eigenvalue weighted by molar-refractivity contribution is 9.10. The van der Waals surface area contributed by atoms with Gasteiger partial charge in [-0.25, -0.2) is 8.42 Å². The molecule has 2 aromatic carbocycles. The number of rotatable bonds is 7. The summed E-state index contributed by atoms with van der Waals surface area (Å²) < 4.78 is 26.6. The van der Waals surface area contributed by atoms with Crippen LogP contribution >= 0.6 is 15.9 Å². The number of nitrogens with zero attached hydrogens (tertiary/aromatic N) is 1. The molecule has 2 aromatic rings. The van der Waals surface area contributed by atoms with Crippen LogP contribution in [0.1, 0.15) is 29.5 Å². The third-order valence-electron chi connectivity index (χ3n) is 5.36. The smallest absolute Gasteiger partial charge is 0.229 e. The standard InChI is InChI=1S/C22H29BrN2O2S/c1-17-6-7-22(23)20(14-17)15-19-9-12-25(13-10-19)11-8-18-4-3-5-21(16-18)24-28(2,26)27/h3-7,14,16,19,24H,8-13,15H2,1-2H3. The molecule has 3 rings (SSSR count). The molecule has 0 bridgehead atoms. The van der Waals surface area contributed by atoms with Crippen LogP contribution in [0.3, 0.4) is 0 Å². The summed E-state index contributed by atoms with van der Waals surface area (Å²) in [5, 5.41) is 0. The number of anilines is 1. The van der Waals surface area contributed by atoms with Crippen LogP contribution in [0.5, 0.6) is 0 Å². The summed E-state index contributed by atoms with van der Waals surface area (Å²) in [5.74, 6) is 0.747. The molecule has 0 atom stereocenters. The van der Waals surface area contributed by atoms with Gasteiger partial charge < -0.3 is 4.90 Å². The Morgan fingerprint density at radius 1 is 1.14 bits per heavy atom. The number of likely N-dealkylation sites (tertiary alicyclic amines) is 1. The van der Waals surface area contributed by atoms with Gasteiger partial charge in [0.1, 0.15) is 0 Å². The Morgan fingerprint density at radius 3 is 2.61 bits per heavy atom. The van der Waals surface area contributed by atoms with Crippen molar-refractivity contribution >= 4 is 31.6 Å². The van der Waals surface area contributed by atoms with E-state index in [1.807, 2.05) is 12.1 Å². The number of halogens is 1. The SMILES string of the molecule is Cc1ccc(Br)c(CC2CCN(CCc3cccc(NS(C)(=O)=O)c3)CC2)c1. The van der Waals surface area contributed by atoms with E-state index in [2.05, 4.69) is 56.7 Å². The molecule has 152 valence electrons. The zero-order valence-electron chi connectivity index (χ0n) is 16.6. The topological polar surface area (TPSA) is 49.4 Å². The maximum absolute atomic E-state index is 11.4. The van der Waals surface area contributed by atoms with E-state index in [4.69, 9.17) is 0 Å². The van der Waals surface area contributed by atoms with Crippen LogP contribution < -0.4 is 4.72 Å². The first-order chi connectivity index (χ1) is 13.3. The zero-order valence-corrected chi connectivity index (χ0v) is 19.0. The van der Waals surface area contributed by atoms with E-state index >= 15 is 0 Å². The largest absolute Gasteiger partial charge is 0.303 e.